The quantitative estimate of drug-likeness (QED) is 0.690. The van der Waals surface area contributed by atoms with Gasteiger partial charge in [-0.1, -0.05) is 0 Å². The van der Waals surface area contributed by atoms with Gasteiger partial charge in [-0.2, -0.15) is 0 Å². The molecule has 5 heterocycles. The third-order valence-corrected chi connectivity index (χ3v) is 5.99. The first kappa shape index (κ1) is 18.3. The monoisotopic (exact) mass is 394 g/mol. The Hall–Kier alpha value is -3.73. The standard InChI is InChI=1S/C25H22N4O/c1-13-18-5-6-19(26-18)14(2)21-9-10-23(28-21)16(4)25-17(12-30)11-24(29-25)15(3)22-8-7-20(13)27-22/h5-12,29-30H,1-4H3/b17-12-,18-13?,21-14?,22-15?,25-16?. The van der Waals surface area contributed by atoms with Crippen molar-refractivity contribution >= 4 is 34.5 Å². The number of aliphatic hydroxyl groups is 1. The molecule has 8 bridgehead atoms. The number of fused-ring (bicyclic) bond motifs is 5. The third kappa shape index (κ3) is 2.74. The molecule has 2 N–H and O–H groups in total. The van der Waals surface area contributed by atoms with Gasteiger partial charge in [0, 0.05) is 22.1 Å². The summed E-state index contributed by atoms with van der Waals surface area (Å²) in [5.41, 5.74) is 10.4. The molecule has 0 fully saturated rings. The zero-order valence-corrected chi connectivity index (χ0v) is 17.4. The second-order valence-electron chi connectivity index (χ2n) is 7.79. The summed E-state index contributed by atoms with van der Waals surface area (Å²) >= 11 is 0. The van der Waals surface area contributed by atoms with Crippen LogP contribution in [0.25, 0.3) is 17.4 Å². The van der Waals surface area contributed by atoms with Crippen LogP contribution in [0.3, 0.4) is 0 Å². The molecular formula is C25H22N4O. The largest absolute Gasteiger partial charge is 0.515 e. The molecule has 5 nitrogen and oxygen atoms in total. The molecule has 0 unspecified atom stereocenters. The van der Waals surface area contributed by atoms with Crippen LogP contribution in [0.15, 0.2) is 85.7 Å². The van der Waals surface area contributed by atoms with Crippen LogP contribution in [0, 0.1) is 0 Å². The number of rotatable bonds is 0. The zero-order chi connectivity index (χ0) is 21.0. The number of allylic oxidation sites excluding steroid dienone is 9. The Labute approximate surface area is 174 Å². The van der Waals surface area contributed by atoms with Crippen molar-refractivity contribution in [1.82, 2.24) is 4.98 Å². The molecule has 4 aliphatic rings. The van der Waals surface area contributed by atoms with Crippen molar-refractivity contribution in [2.45, 2.75) is 27.7 Å². The molecule has 1 aromatic heterocycles. The fourth-order valence-corrected chi connectivity index (χ4v) is 3.95. The van der Waals surface area contributed by atoms with Crippen LogP contribution in [0.5, 0.6) is 0 Å². The molecule has 0 saturated carbocycles. The second kappa shape index (κ2) is 6.66. The van der Waals surface area contributed by atoms with E-state index in [1.165, 1.54) is 0 Å². The lowest BCUT2D eigenvalue weighted by Gasteiger charge is -2.04. The van der Waals surface area contributed by atoms with Gasteiger partial charge in [-0.3, -0.25) is 0 Å². The van der Waals surface area contributed by atoms with Crippen molar-refractivity contribution in [3.8, 4) is 0 Å². The van der Waals surface area contributed by atoms with Gasteiger partial charge in [0.15, 0.2) is 0 Å². The second-order valence-corrected chi connectivity index (χ2v) is 7.79. The lowest BCUT2D eigenvalue weighted by Crippen LogP contribution is -2.26. The van der Waals surface area contributed by atoms with Crippen LogP contribution < -0.4 is 10.6 Å². The van der Waals surface area contributed by atoms with Crippen LogP contribution in [0.2, 0.25) is 0 Å². The van der Waals surface area contributed by atoms with E-state index in [2.05, 4.69) is 11.9 Å². The number of aromatic nitrogens is 1. The highest BCUT2D eigenvalue weighted by molar-refractivity contribution is 6.26. The molecule has 4 aliphatic heterocycles. The first-order chi connectivity index (χ1) is 14.5. The maximum Gasteiger partial charge on any atom is 0.0885 e. The van der Waals surface area contributed by atoms with Gasteiger partial charge >= 0.3 is 0 Å². The highest BCUT2D eigenvalue weighted by atomic mass is 16.2. The lowest BCUT2D eigenvalue weighted by atomic mass is 10.1. The number of aliphatic imine (C=N–C) groups is 3. The highest BCUT2D eigenvalue weighted by Gasteiger charge is 2.19. The van der Waals surface area contributed by atoms with Gasteiger partial charge in [0.25, 0.3) is 0 Å². The summed E-state index contributed by atoms with van der Waals surface area (Å²) in [6.45, 7) is 8.14. The van der Waals surface area contributed by atoms with Crippen molar-refractivity contribution in [2.24, 2.45) is 15.0 Å². The molecule has 5 rings (SSSR count). The molecule has 0 amide bonds. The molecule has 1 aromatic rings. The van der Waals surface area contributed by atoms with Gasteiger partial charge in [-0.15, -0.1) is 0 Å². The molecule has 0 radical (unpaired) electrons. The molecule has 0 atom stereocenters. The number of H-pyrrole nitrogens is 1. The van der Waals surface area contributed by atoms with E-state index in [0.717, 1.165) is 79.0 Å². The number of aromatic amines is 1. The Bertz CT molecular complexity index is 1410. The van der Waals surface area contributed by atoms with E-state index in [0.29, 0.717) is 0 Å². The first-order valence-electron chi connectivity index (χ1n) is 9.95. The molecule has 0 saturated heterocycles. The summed E-state index contributed by atoms with van der Waals surface area (Å²) in [7, 11) is 0. The smallest absolute Gasteiger partial charge is 0.0885 e. The number of hydrogen-bond donors (Lipinski definition) is 2. The molecule has 0 aromatic carbocycles. The van der Waals surface area contributed by atoms with E-state index in [-0.39, 0.29) is 0 Å². The summed E-state index contributed by atoms with van der Waals surface area (Å²) in [6.07, 6.45) is 13.3. The average molecular weight is 394 g/mol. The lowest BCUT2D eigenvalue weighted by molar-refractivity contribution is 0.540. The average Bonchev–Trinajstić information content (AvgIpc) is 3.56. The predicted octanol–water partition coefficient (Wildman–Crippen LogP) is 3.81. The number of nitrogens with zero attached hydrogens (tertiary/aromatic N) is 3. The van der Waals surface area contributed by atoms with Crippen molar-refractivity contribution in [3.63, 3.8) is 0 Å². The molecule has 148 valence electrons. The van der Waals surface area contributed by atoms with E-state index in [1.54, 1.807) is 0 Å². The summed E-state index contributed by atoms with van der Waals surface area (Å²) in [5.74, 6) is 0. The number of nitrogens with one attached hydrogen (secondary N) is 1. The van der Waals surface area contributed by atoms with Gasteiger partial charge in [-0.25, -0.2) is 15.0 Å². The van der Waals surface area contributed by atoms with Crippen molar-refractivity contribution < 1.29 is 5.11 Å². The topological polar surface area (TPSA) is 73.1 Å². The van der Waals surface area contributed by atoms with Gasteiger partial charge in [0.05, 0.1) is 45.8 Å². The summed E-state index contributed by atoms with van der Waals surface area (Å²) in [4.78, 5) is 18.0. The fraction of sp³-hybridized carbons (Fsp3) is 0.160. The minimum absolute atomic E-state index is 0.730. The van der Waals surface area contributed by atoms with Crippen molar-refractivity contribution in [3.05, 3.63) is 87.0 Å². The van der Waals surface area contributed by atoms with Gasteiger partial charge < -0.3 is 10.1 Å². The Morgan fingerprint density at radius 2 is 1.13 bits per heavy atom. The Kier molecular flexibility index (Phi) is 4.07. The zero-order valence-electron chi connectivity index (χ0n) is 17.4. The van der Waals surface area contributed by atoms with Crippen molar-refractivity contribution in [2.75, 3.05) is 0 Å². The van der Waals surface area contributed by atoms with Gasteiger partial charge in [0.2, 0.25) is 0 Å². The maximum absolute atomic E-state index is 9.83. The normalized spacial score (nSPS) is 20.7. The Morgan fingerprint density at radius 3 is 1.63 bits per heavy atom. The SMILES string of the molecule is CC1=C2C=CC(=N2)C(C)=C2C=CC(=N2)C(C)=c2[nH]c(c/c2=C/O)C(C)=C2C=CC1=N2. The Balaban J connectivity index is 1.85. The van der Waals surface area contributed by atoms with Crippen LogP contribution in [0.1, 0.15) is 33.4 Å². The molecule has 0 aliphatic carbocycles. The summed E-state index contributed by atoms with van der Waals surface area (Å²) in [5, 5.41) is 11.4. The fourth-order valence-electron chi connectivity index (χ4n) is 3.95. The molecular weight excluding hydrogens is 372 g/mol. The Morgan fingerprint density at radius 1 is 0.667 bits per heavy atom. The molecule has 0 spiro atoms. The van der Waals surface area contributed by atoms with Crippen LogP contribution >= 0.6 is 0 Å². The minimum atomic E-state index is 0.730. The van der Waals surface area contributed by atoms with Crippen LogP contribution in [-0.4, -0.2) is 27.2 Å². The third-order valence-electron chi connectivity index (χ3n) is 5.99. The van der Waals surface area contributed by atoms with Crippen molar-refractivity contribution in [1.29, 1.82) is 0 Å². The van der Waals surface area contributed by atoms with Gasteiger partial charge in [-0.05, 0) is 81.4 Å². The van der Waals surface area contributed by atoms with E-state index in [1.807, 2.05) is 63.3 Å². The van der Waals surface area contributed by atoms with Crippen LogP contribution in [-0.2, 0) is 0 Å². The highest BCUT2D eigenvalue weighted by Crippen LogP contribution is 2.27. The maximum atomic E-state index is 9.83. The number of aliphatic hydroxyl groups excluding tert-OH is 1. The summed E-state index contributed by atoms with van der Waals surface area (Å²) in [6, 6.07) is 1.95. The van der Waals surface area contributed by atoms with E-state index >= 15 is 0 Å². The van der Waals surface area contributed by atoms with Crippen LogP contribution in [0.4, 0.5) is 0 Å². The predicted molar refractivity (Wildman–Crippen MR) is 124 cm³/mol. The van der Waals surface area contributed by atoms with E-state index < -0.39 is 0 Å². The molecule has 30 heavy (non-hydrogen) atoms. The van der Waals surface area contributed by atoms with E-state index in [4.69, 9.17) is 15.0 Å². The van der Waals surface area contributed by atoms with Gasteiger partial charge in [0.1, 0.15) is 0 Å². The minimum Gasteiger partial charge on any atom is -0.515 e. The summed E-state index contributed by atoms with van der Waals surface area (Å²) < 4.78 is 0. The first-order valence-corrected chi connectivity index (χ1v) is 9.95. The number of hydrogen-bond acceptors (Lipinski definition) is 4. The van der Waals surface area contributed by atoms with E-state index in [9.17, 15) is 5.11 Å². The molecule has 5 heteroatoms.